The first-order chi connectivity index (χ1) is 13.3. The molecule has 1 fully saturated rings. The minimum Gasteiger partial charge on any atom is -0.484 e. The molecule has 28 heavy (non-hydrogen) atoms. The standard InChI is InChI=1S/C20H21N3O4S/c1-23(2)28(25,26)18-9-7-17(8-10-18)27-13-19(24)22-16-5-3-15(4-6-16)20(14-21)11-12-20/h3-10H,11-13H2,1-2H3,(H,22,24). The molecule has 1 saturated carbocycles. The molecule has 7 nitrogen and oxygen atoms in total. The average molecular weight is 399 g/mol. The fourth-order valence-electron chi connectivity index (χ4n) is 2.73. The van der Waals surface area contributed by atoms with Crippen LogP contribution in [0.25, 0.3) is 0 Å². The zero-order chi connectivity index (χ0) is 20.4. The van der Waals surface area contributed by atoms with E-state index in [0.717, 1.165) is 22.7 Å². The summed E-state index contributed by atoms with van der Waals surface area (Å²) in [7, 11) is -0.579. The van der Waals surface area contributed by atoms with Crippen LogP contribution in [-0.2, 0) is 20.2 Å². The molecule has 2 aromatic rings. The Kier molecular flexibility index (Phi) is 5.40. The van der Waals surface area contributed by atoms with Crippen molar-refractivity contribution in [3.8, 4) is 11.8 Å². The molecule has 1 aliphatic carbocycles. The van der Waals surface area contributed by atoms with Crippen molar-refractivity contribution < 1.29 is 17.9 Å². The number of anilines is 1. The molecule has 3 rings (SSSR count). The lowest BCUT2D eigenvalue weighted by molar-refractivity contribution is -0.118. The molecule has 8 heteroatoms. The number of rotatable bonds is 7. The van der Waals surface area contributed by atoms with E-state index in [1.54, 1.807) is 12.1 Å². The van der Waals surface area contributed by atoms with E-state index in [0.29, 0.717) is 11.4 Å². The number of benzene rings is 2. The molecular weight excluding hydrogens is 378 g/mol. The van der Waals surface area contributed by atoms with Gasteiger partial charge in [-0.05, 0) is 54.8 Å². The predicted octanol–water partition coefficient (Wildman–Crippen LogP) is 2.51. The highest BCUT2D eigenvalue weighted by Crippen LogP contribution is 2.47. The topological polar surface area (TPSA) is 99.5 Å². The maximum atomic E-state index is 12.1. The molecule has 2 aromatic carbocycles. The predicted molar refractivity (Wildman–Crippen MR) is 104 cm³/mol. The molecule has 1 N–H and O–H groups in total. The van der Waals surface area contributed by atoms with Gasteiger partial charge >= 0.3 is 0 Å². The van der Waals surface area contributed by atoms with Crippen LogP contribution in [0, 0.1) is 11.3 Å². The highest BCUT2D eigenvalue weighted by Gasteiger charge is 2.44. The zero-order valence-corrected chi connectivity index (χ0v) is 16.5. The first kappa shape index (κ1) is 19.9. The highest BCUT2D eigenvalue weighted by molar-refractivity contribution is 7.89. The van der Waals surface area contributed by atoms with Crippen molar-refractivity contribution >= 4 is 21.6 Å². The lowest BCUT2D eigenvalue weighted by Gasteiger charge is -2.12. The summed E-state index contributed by atoms with van der Waals surface area (Å²) in [6, 6.07) is 15.5. The van der Waals surface area contributed by atoms with Gasteiger partial charge in [0, 0.05) is 19.8 Å². The van der Waals surface area contributed by atoms with Crippen LogP contribution in [0.3, 0.4) is 0 Å². The van der Waals surface area contributed by atoms with Crippen molar-refractivity contribution in [2.24, 2.45) is 0 Å². The molecule has 0 spiro atoms. The molecule has 1 aliphatic rings. The van der Waals surface area contributed by atoms with E-state index in [2.05, 4.69) is 11.4 Å². The number of nitrogens with zero attached hydrogens (tertiary/aromatic N) is 2. The summed E-state index contributed by atoms with van der Waals surface area (Å²) < 4.78 is 30.6. The van der Waals surface area contributed by atoms with Crippen LogP contribution >= 0.6 is 0 Å². The molecular formula is C20H21N3O4S. The van der Waals surface area contributed by atoms with Crippen molar-refractivity contribution in [3.05, 3.63) is 54.1 Å². The van der Waals surface area contributed by atoms with Crippen molar-refractivity contribution in [1.82, 2.24) is 4.31 Å². The highest BCUT2D eigenvalue weighted by atomic mass is 32.2. The van der Waals surface area contributed by atoms with Gasteiger partial charge in [0.2, 0.25) is 10.0 Å². The smallest absolute Gasteiger partial charge is 0.262 e. The molecule has 0 saturated heterocycles. The lowest BCUT2D eigenvalue weighted by atomic mass is 9.98. The largest absolute Gasteiger partial charge is 0.484 e. The summed E-state index contributed by atoms with van der Waals surface area (Å²) in [4.78, 5) is 12.2. The van der Waals surface area contributed by atoms with Gasteiger partial charge in [-0.15, -0.1) is 0 Å². The fourth-order valence-corrected chi connectivity index (χ4v) is 3.63. The summed E-state index contributed by atoms with van der Waals surface area (Å²) >= 11 is 0. The third-order valence-electron chi connectivity index (χ3n) is 4.66. The van der Waals surface area contributed by atoms with E-state index in [4.69, 9.17) is 4.74 Å². The number of hydrogen-bond donors (Lipinski definition) is 1. The Labute approximate surface area is 164 Å². The first-order valence-electron chi connectivity index (χ1n) is 8.74. The molecule has 0 heterocycles. The summed E-state index contributed by atoms with van der Waals surface area (Å²) in [5, 5.41) is 12.0. The number of nitriles is 1. The van der Waals surface area contributed by atoms with E-state index in [9.17, 15) is 18.5 Å². The molecule has 146 valence electrons. The molecule has 0 atom stereocenters. The second-order valence-electron chi connectivity index (χ2n) is 6.87. The molecule has 1 amide bonds. The summed E-state index contributed by atoms with van der Waals surface area (Å²) in [6.07, 6.45) is 1.75. The monoisotopic (exact) mass is 399 g/mol. The normalized spacial score (nSPS) is 14.9. The van der Waals surface area contributed by atoms with Gasteiger partial charge in [0.1, 0.15) is 5.75 Å². The van der Waals surface area contributed by atoms with Gasteiger partial charge in [-0.25, -0.2) is 12.7 Å². The number of carbonyl (C=O) groups is 1. The Morgan fingerprint density at radius 3 is 2.25 bits per heavy atom. The molecule has 0 unspecified atom stereocenters. The Morgan fingerprint density at radius 2 is 1.75 bits per heavy atom. The molecule has 0 radical (unpaired) electrons. The van der Waals surface area contributed by atoms with E-state index in [-0.39, 0.29) is 22.8 Å². The SMILES string of the molecule is CN(C)S(=O)(=O)c1ccc(OCC(=O)Nc2ccc(C3(C#N)CC3)cc2)cc1. The Bertz CT molecular complexity index is 1000. The van der Waals surface area contributed by atoms with Crippen LogP contribution in [0.4, 0.5) is 5.69 Å². The molecule has 0 bridgehead atoms. The maximum absolute atomic E-state index is 12.1. The number of amides is 1. The summed E-state index contributed by atoms with van der Waals surface area (Å²) in [6.45, 7) is -0.205. The van der Waals surface area contributed by atoms with Crippen LogP contribution in [0.15, 0.2) is 53.4 Å². The van der Waals surface area contributed by atoms with E-state index >= 15 is 0 Å². The van der Waals surface area contributed by atoms with Crippen molar-refractivity contribution in [1.29, 1.82) is 5.26 Å². The van der Waals surface area contributed by atoms with Crippen LogP contribution in [0.2, 0.25) is 0 Å². The van der Waals surface area contributed by atoms with Gasteiger partial charge in [0.25, 0.3) is 5.91 Å². The second-order valence-corrected chi connectivity index (χ2v) is 9.02. The van der Waals surface area contributed by atoms with Gasteiger partial charge in [0.15, 0.2) is 6.61 Å². The Morgan fingerprint density at radius 1 is 1.14 bits per heavy atom. The van der Waals surface area contributed by atoms with Crippen LogP contribution in [0.1, 0.15) is 18.4 Å². The average Bonchev–Trinajstić information content (AvgIpc) is 3.48. The minimum atomic E-state index is -3.50. The maximum Gasteiger partial charge on any atom is 0.262 e. The Balaban J connectivity index is 1.54. The molecule has 0 aliphatic heterocycles. The second kappa shape index (κ2) is 7.62. The number of ether oxygens (including phenoxy) is 1. The first-order valence-corrected chi connectivity index (χ1v) is 10.2. The van der Waals surface area contributed by atoms with Crippen molar-refractivity contribution in [2.45, 2.75) is 23.2 Å². The molecule has 0 aromatic heterocycles. The van der Waals surface area contributed by atoms with Gasteiger partial charge in [0.05, 0.1) is 16.4 Å². The van der Waals surface area contributed by atoms with Crippen LogP contribution in [0.5, 0.6) is 5.75 Å². The number of nitrogens with one attached hydrogen (secondary N) is 1. The van der Waals surface area contributed by atoms with Gasteiger partial charge in [-0.1, -0.05) is 12.1 Å². The third kappa shape index (κ3) is 4.16. The van der Waals surface area contributed by atoms with Crippen LogP contribution in [-0.4, -0.2) is 39.3 Å². The number of sulfonamides is 1. The summed E-state index contributed by atoms with van der Waals surface area (Å²) in [5.74, 6) is 0.0621. The van der Waals surface area contributed by atoms with E-state index < -0.39 is 10.0 Å². The number of hydrogen-bond acceptors (Lipinski definition) is 5. The van der Waals surface area contributed by atoms with Gasteiger partial charge in [-0.2, -0.15) is 5.26 Å². The lowest BCUT2D eigenvalue weighted by Crippen LogP contribution is -2.22. The van der Waals surface area contributed by atoms with Gasteiger partial charge in [-0.3, -0.25) is 4.79 Å². The third-order valence-corrected chi connectivity index (χ3v) is 6.49. The van der Waals surface area contributed by atoms with Gasteiger partial charge < -0.3 is 10.1 Å². The Hall–Kier alpha value is -2.89. The van der Waals surface area contributed by atoms with E-state index in [1.807, 2.05) is 12.1 Å². The quantitative estimate of drug-likeness (QED) is 0.771. The van der Waals surface area contributed by atoms with Crippen LogP contribution < -0.4 is 10.1 Å². The fraction of sp³-hybridized carbons (Fsp3) is 0.300. The minimum absolute atomic E-state index is 0.153. The van der Waals surface area contributed by atoms with E-state index in [1.165, 1.54) is 38.4 Å². The summed E-state index contributed by atoms with van der Waals surface area (Å²) in [5.41, 5.74) is 1.24. The van der Waals surface area contributed by atoms with Crippen molar-refractivity contribution in [3.63, 3.8) is 0 Å². The zero-order valence-electron chi connectivity index (χ0n) is 15.7. The van der Waals surface area contributed by atoms with Crippen molar-refractivity contribution in [2.75, 3.05) is 26.0 Å². The number of carbonyl (C=O) groups excluding carboxylic acids is 1.